The summed E-state index contributed by atoms with van der Waals surface area (Å²) >= 11 is 3.13. The molecule has 0 bridgehead atoms. The first-order valence-corrected chi connectivity index (χ1v) is 9.51. The van der Waals surface area contributed by atoms with Crippen LogP contribution in [0, 0.1) is 11.8 Å². The topological polar surface area (TPSA) is 69.2 Å². The first-order chi connectivity index (χ1) is 11.2. The van der Waals surface area contributed by atoms with Gasteiger partial charge in [0.15, 0.2) is 5.65 Å². The van der Waals surface area contributed by atoms with Gasteiger partial charge in [0.25, 0.3) is 0 Å². The van der Waals surface area contributed by atoms with Crippen LogP contribution in [0.25, 0.3) is 11.0 Å². The molecule has 2 heterocycles. The predicted molar refractivity (Wildman–Crippen MR) is 101 cm³/mol. The van der Waals surface area contributed by atoms with Crippen molar-refractivity contribution in [2.75, 3.05) is 11.9 Å². The van der Waals surface area contributed by atoms with Gasteiger partial charge in [0, 0.05) is 25.3 Å². The second kappa shape index (κ2) is 6.38. The first-order valence-electron chi connectivity index (χ1n) is 7.93. The number of anilines is 1. The number of nitrogens with two attached hydrogens (primary N) is 1. The molecule has 2 N–H and O–H groups in total. The molecule has 23 heavy (non-hydrogen) atoms. The number of hydrogen-bond acceptors (Lipinski definition) is 6. The molecule has 2 aliphatic rings. The third kappa shape index (κ3) is 2.83. The molecule has 0 aromatic carbocycles. The van der Waals surface area contributed by atoms with Gasteiger partial charge in [-0.15, -0.1) is 0 Å². The molecule has 2 aromatic rings. The first kappa shape index (κ1) is 15.9. The Morgan fingerprint density at radius 3 is 2.74 bits per heavy atom. The van der Waals surface area contributed by atoms with E-state index in [1.54, 1.807) is 6.33 Å². The highest BCUT2D eigenvalue weighted by atomic mass is 127. The van der Waals surface area contributed by atoms with Gasteiger partial charge in [0.05, 0.1) is 5.39 Å². The van der Waals surface area contributed by atoms with E-state index < -0.39 is 0 Å². The number of halogens is 1. The number of nitrogens with zero attached hydrogens (tertiary/aromatic N) is 4. The zero-order valence-electron chi connectivity index (χ0n) is 12.9. The highest BCUT2D eigenvalue weighted by molar-refractivity contribution is 14.1. The fourth-order valence-electron chi connectivity index (χ4n) is 4.41. The zero-order chi connectivity index (χ0) is 16.0. The molecular weight excluding hydrogens is 425 g/mol. The molecule has 4 rings (SSSR count). The molecule has 2 unspecified atom stereocenters. The molecule has 0 amide bonds. The van der Waals surface area contributed by atoms with E-state index in [1.165, 1.54) is 37.9 Å². The fraction of sp³-hybridized carbons (Fsp3) is 0.600. The van der Waals surface area contributed by atoms with Crippen molar-refractivity contribution in [3.8, 4) is 0 Å². The summed E-state index contributed by atoms with van der Waals surface area (Å²) in [5, 5.41) is 1.07. The van der Waals surface area contributed by atoms with E-state index >= 15 is 0 Å². The van der Waals surface area contributed by atoms with Gasteiger partial charge in [-0.1, -0.05) is 0 Å². The third-order valence-electron chi connectivity index (χ3n) is 5.44. The summed E-state index contributed by atoms with van der Waals surface area (Å²) < 4.78 is 7.04. The number of aromatic nitrogens is 3. The van der Waals surface area contributed by atoms with Gasteiger partial charge in [-0.05, 0) is 43.6 Å². The van der Waals surface area contributed by atoms with E-state index in [9.17, 15) is 0 Å². The lowest BCUT2D eigenvalue weighted by atomic mass is 10.0. The molecule has 2 fully saturated rings. The lowest BCUT2D eigenvalue weighted by Crippen LogP contribution is -2.31. The molecule has 0 spiro atoms. The smallest absolute Gasteiger partial charge is 0.157 e. The lowest BCUT2D eigenvalue weighted by Gasteiger charge is -2.27. The minimum Gasteiger partial charge on any atom is -0.356 e. The van der Waals surface area contributed by atoms with Crippen LogP contribution in [0.3, 0.4) is 0 Å². The standard InChI is InChI=1S/C15H20IN5OS/c1-20(12-6-9-4-11(17)5-10(9)7-12)14-13-2-3-21(23-22-16)15(13)19-8-18-14/h2-3,8-12H,4-7,17H2,1H3. The molecule has 6 nitrogen and oxygen atoms in total. The molecule has 8 heteroatoms. The van der Waals surface area contributed by atoms with Crippen molar-refractivity contribution in [1.29, 1.82) is 0 Å². The fourth-order valence-corrected chi connectivity index (χ4v) is 5.31. The molecule has 2 atom stereocenters. The van der Waals surface area contributed by atoms with Crippen molar-refractivity contribution in [1.82, 2.24) is 13.9 Å². The molecule has 0 saturated heterocycles. The predicted octanol–water partition coefficient (Wildman–Crippen LogP) is 3.16. The normalized spacial score (nSPS) is 30.0. The Kier molecular flexibility index (Phi) is 4.41. The highest BCUT2D eigenvalue weighted by Gasteiger charge is 2.42. The van der Waals surface area contributed by atoms with E-state index in [1.807, 2.05) is 33.2 Å². The highest BCUT2D eigenvalue weighted by Crippen LogP contribution is 2.45. The van der Waals surface area contributed by atoms with Gasteiger partial charge in [-0.2, -0.15) is 0 Å². The Morgan fingerprint density at radius 2 is 2.04 bits per heavy atom. The Balaban J connectivity index is 1.59. The van der Waals surface area contributed by atoms with E-state index in [2.05, 4.69) is 28.0 Å². The molecule has 2 saturated carbocycles. The minimum absolute atomic E-state index is 0.418. The summed E-state index contributed by atoms with van der Waals surface area (Å²) in [7, 11) is 2.16. The number of rotatable bonds is 4. The van der Waals surface area contributed by atoms with Gasteiger partial charge in [0.2, 0.25) is 0 Å². The monoisotopic (exact) mass is 445 g/mol. The average molecular weight is 445 g/mol. The van der Waals surface area contributed by atoms with Gasteiger partial charge in [0.1, 0.15) is 47.4 Å². The molecule has 124 valence electrons. The number of fused-ring (bicyclic) bond motifs is 2. The Morgan fingerprint density at radius 1 is 1.30 bits per heavy atom. The van der Waals surface area contributed by atoms with Crippen LogP contribution in [-0.4, -0.2) is 33.1 Å². The van der Waals surface area contributed by atoms with Crippen LogP contribution in [0.15, 0.2) is 18.6 Å². The van der Waals surface area contributed by atoms with Crippen LogP contribution < -0.4 is 10.6 Å². The summed E-state index contributed by atoms with van der Waals surface area (Å²) in [6.45, 7) is 0. The van der Waals surface area contributed by atoms with Crippen molar-refractivity contribution in [2.24, 2.45) is 17.6 Å². The zero-order valence-corrected chi connectivity index (χ0v) is 15.9. The molecule has 0 aliphatic heterocycles. The van der Waals surface area contributed by atoms with E-state index in [-0.39, 0.29) is 0 Å². The van der Waals surface area contributed by atoms with Crippen LogP contribution in [0.5, 0.6) is 0 Å². The van der Waals surface area contributed by atoms with E-state index in [0.29, 0.717) is 12.1 Å². The quantitative estimate of drug-likeness (QED) is 0.576. The average Bonchev–Trinajstić information content (AvgIpc) is 3.19. The van der Waals surface area contributed by atoms with Gasteiger partial charge < -0.3 is 10.6 Å². The van der Waals surface area contributed by atoms with Gasteiger partial charge in [-0.25, -0.2) is 12.5 Å². The summed E-state index contributed by atoms with van der Waals surface area (Å²) in [6.07, 6.45) is 8.45. The maximum absolute atomic E-state index is 6.11. The summed E-state index contributed by atoms with van der Waals surface area (Å²) in [5.41, 5.74) is 7.00. The van der Waals surface area contributed by atoms with Gasteiger partial charge >= 0.3 is 0 Å². The molecule has 0 radical (unpaired) electrons. The van der Waals surface area contributed by atoms with Crippen LogP contribution in [0.4, 0.5) is 5.82 Å². The SMILES string of the molecule is CN(c1ncnc2c1ccn2SOI)C1CC2CC(N)CC2C1. The van der Waals surface area contributed by atoms with Crippen LogP contribution in [-0.2, 0) is 2.51 Å². The minimum atomic E-state index is 0.418. The lowest BCUT2D eigenvalue weighted by molar-refractivity contribution is 0.457. The van der Waals surface area contributed by atoms with Crippen molar-refractivity contribution >= 4 is 52.1 Å². The largest absolute Gasteiger partial charge is 0.356 e. The van der Waals surface area contributed by atoms with Crippen LogP contribution >= 0.6 is 35.2 Å². The summed E-state index contributed by atoms with van der Waals surface area (Å²) in [4.78, 5) is 11.3. The molecule has 2 aliphatic carbocycles. The third-order valence-corrected chi connectivity index (χ3v) is 6.44. The van der Waals surface area contributed by atoms with E-state index in [0.717, 1.165) is 28.7 Å². The second-order valence-corrected chi connectivity index (χ2v) is 8.45. The molecular formula is C15H20IN5OS. The van der Waals surface area contributed by atoms with Crippen molar-refractivity contribution < 1.29 is 2.51 Å². The summed E-state index contributed by atoms with van der Waals surface area (Å²) in [6, 6.07) is 3.03. The van der Waals surface area contributed by atoms with Crippen LogP contribution in [0.2, 0.25) is 0 Å². The maximum Gasteiger partial charge on any atom is 0.157 e. The van der Waals surface area contributed by atoms with Crippen molar-refractivity contribution in [3.63, 3.8) is 0 Å². The Labute approximate surface area is 154 Å². The van der Waals surface area contributed by atoms with Crippen molar-refractivity contribution in [3.05, 3.63) is 18.6 Å². The summed E-state index contributed by atoms with van der Waals surface area (Å²) in [5.74, 6) is 2.60. The maximum atomic E-state index is 6.11. The van der Waals surface area contributed by atoms with Crippen molar-refractivity contribution in [2.45, 2.75) is 37.8 Å². The van der Waals surface area contributed by atoms with Gasteiger partial charge in [-0.3, -0.25) is 3.97 Å². The Bertz CT molecular complexity index is 696. The second-order valence-electron chi connectivity index (χ2n) is 6.70. The molecule has 2 aromatic heterocycles. The van der Waals surface area contributed by atoms with E-state index in [4.69, 9.17) is 8.25 Å². The number of hydrogen-bond donors (Lipinski definition) is 1. The Hall–Kier alpha value is -0.580. The van der Waals surface area contributed by atoms with Crippen LogP contribution in [0.1, 0.15) is 25.7 Å².